The van der Waals surface area contributed by atoms with Gasteiger partial charge in [-0.3, -0.25) is 4.90 Å². The van der Waals surface area contributed by atoms with Crippen LogP contribution in [0.15, 0.2) is 18.2 Å². The Morgan fingerprint density at radius 1 is 1.29 bits per heavy atom. The van der Waals surface area contributed by atoms with Crippen molar-refractivity contribution in [3.05, 3.63) is 33.8 Å². The largest absolute Gasteiger partial charge is 0.314 e. The van der Waals surface area contributed by atoms with Gasteiger partial charge in [-0.1, -0.05) is 49.5 Å². The van der Waals surface area contributed by atoms with Crippen molar-refractivity contribution in [2.75, 3.05) is 20.1 Å². The van der Waals surface area contributed by atoms with Crippen molar-refractivity contribution in [1.82, 2.24) is 10.2 Å². The summed E-state index contributed by atoms with van der Waals surface area (Å²) in [6, 6.07) is 6.79. The molecule has 2 atom stereocenters. The van der Waals surface area contributed by atoms with E-state index in [2.05, 4.69) is 37.2 Å². The van der Waals surface area contributed by atoms with Crippen LogP contribution in [-0.4, -0.2) is 31.1 Å². The molecule has 2 unspecified atom stereocenters. The van der Waals surface area contributed by atoms with Crippen LogP contribution in [0.2, 0.25) is 10.0 Å². The molecule has 1 heterocycles. The molecular weight excluding hydrogens is 303 g/mol. The molecule has 0 bridgehead atoms. The molecule has 1 N–H and O–H groups in total. The molecule has 21 heavy (non-hydrogen) atoms. The molecule has 118 valence electrons. The zero-order chi connectivity index (χ0) is 15.4. The van der Waals surface area contributed by atoms with E-state index in [9.17, 15) is 0 Å². The highest BCUT2D eigenvalue weighted by Gasteiger charge is 2.30. The van der Waals surface area contributed by atoms with Crippen molar-refractivity contribution in [2.24, 2.45) is 5.92 Å². The zero-order valence-corrected chi connectivity index (χ0v) is 14.7. The molecule has 4 heteroatoms. The number of nitrogens with zero attached hydrogens (tertiary/aromatic N) is 1. The molecule has 2 nitrogen and oxygen atoms in total. The summed E-state index contributed by atoms with van der Waals surface area (Å²) in [6.45, 7) is 6.56. The number of hydrogen-bond donors (Lipinski definition) is 1. The molecule has 2 rings (SSSR count). The first-order valence-corrected chi connectivity index (χ1v) is 8.63. The van der Waals surface area contributed by atoms with Gasteiger partial charge in [0, 0.05) is 28.7 Å². The van der Waals surface area contributed by atoms with E-state index in [0.29, 0.717) is 23.0 Å². The summed E-state index contributed by atoms with van der Waals surface area (Å²) < 4.78 is 0. The first kappa shape index (κ1) is 17.1. The normalized spacial score (nSPS) is 24.3. The van der Waals surface area contributed by atoms with E-state index >= 15 is 0 Å². The smallest absolute Gasteiger partial charge is 0.0468 e. The van der Waals surface area contributed by atoms with Gasteiger partial charge >= 0.3 is 0 Å². The predicted molar refractivity (Wildman–Crippen MR) is 92.3 cm³/mol. The Balaban J connectivity index is 2.27. The maximum Gasteiger partial charge on any atom is 0.0468 e. The van der Waals surface area contributed by atoms with Crippen LogP contribution in [-0.2, 0) is 0 Å². The van der Waals surface area contributed by atoms with Crippen LogP contribution in [0.3, 0.4) is 0 Å². The van der Waals surface area contributed by atoms with Crippen LogP contribution in [0.5, 0.6) is 0 Å². The van der Waals surface area contributed by atoms with Gasteiger partial charge in [0.2, 0.25) is 0 Å². The highest BCUT2D eigenvalue weighted by molar-refractivity contribution is 6.35. The zero-order valence-electron chi connectivity index (χ0n) is 13.2. The van der Waals surface area contributed by atoms with E-state index in [4.69, 9.17) is 23.2 Å². The fourth-order valence-electron chi connectivity index (χ4n) is 3.26. The summed E-state index contributed by atoms with van der Waals surface area (Å²) in [5.74, 6) is 0.582. The summed E-state index contributed by atoms with van der Waals surface area (Å²) in [5, 5.41) is 5.09. The van der Waals surface area contributed by atoms with Crippen LogP contribution >= 0.6 is 23.2 Å². The van der Waals surface area contributed by atoms with Crippen molar-refractivity contribution in [2.45, 2.75) is 45.2 Å². The summed E-state index contributed by atoms with van der Waals surface area (Å²) >= 11 is 12.5. The fraction of sp³-hybridized carbons (Fsp3) is 0.647. The molecule has 1 aromatic rings. The van der Waals surface area contributed by atoms with Crippen molar-refractivity contribution in [3.8, 4) is 0 Å². The monoisotopic (exact) mass is 328 g/mol. The van der Waals surface area contributed by atoms with E-state index in [1.165, 1.54) is 24.8 Å². The Labute approximate surface area is 138 Å². The minimum Gasteiger partial charge on any atom is -0.314 e. The lowest BCUT2D eigenvalue weighted by molar-refractivity contribution is 0.187. The molecular formula is C17H26Cl2N2. The Hall–Kier alpha value is -0.280. The second kappa shape index (κ2) is 7.82. The second-order valence-electron chi connectivity index (χ2n) is 6.41. The van der Waals surface area contributed by atoms with Crippen molar-refractivity contribution in [1.29, 1.82) is 0 Å². The number of benzene rings is 1. The van der Waals surface area contributed by atoms with Gasteiger partial charge in [-0.25, -0.2) is 0 Å². The summed E-state index contributed by atoms with van der Waals surface area (Å²) in [7, 11) is 2.21. The van der Waals surface area contributed by atoms with Crippen molar-refractivity contribution < 1.29 is 0 Å². The maximum absolute atomic E-state index is 6.48. The first-order chi connectivity index (χ1) is 9.99. The average molecular weight is 329 g/mol. The third-order valence-corrected chi connectivity index (χ3v) is 4.89. The van der Waals surface area contributed by atoms with Crippen LogP contribution in [0.25, 0.3) is 0 Å². The van der Waals surface area contributed by atoms with Crippen molar-refractivity contribution >= 4 is 23.2 Å². The fourth-order valence-corrected chi connectivity index (χ4v) is 3.78. The van der Waals surface area contributed by atoms with Crippen LogP contribution in [0.4, 0.5) is 0 Å². The number of likely N-dealkylation sites (tertiary alicyclic amines) is 1. The predicted octanol–water partition coefficient (Wildman–Crippen LogP) is 4.76. The lowest BCUT2D eigenvalue weighted by Crippen LogP contribution is -2.37. The maximum atomic E-state index is 6.48. The van der Waals surface area contributed by atoms with E-state index in [1.54, 1.807) is 0 Å². The van der Waals surface area contributed by atoms with E-state index < -0.39 is 0 Å². The SMILES string of the molecule is CC(C)NCC1CCCCN(C)C1c1ccc(Cl)cc1Cl. The van der Waals surface area contributed by atoms with Gasteiger partial charge in [-0.15, -0.1) is 0 Å². The van der Waals surface area contributed by atoms with Crippen LogP contribution in [0.1, 0.15) is 44.7 Å². The highest BCUT2D eigenvalue weighted by atomic mass is 35.5. The van der Waals surface area contributed by atoms with Gasteiger partial charge in [-0.05, 0) is 50.0 Å². The summed E-state index contributed by atoms with van der Waals surface area (Å²) in [6.07, 6.45) is 3.79. The molecule has 1 saturated heterocycles. The Morgan fingerprint density at radius 3 is 2.71 bits per heavy atom. The molecule has 1 aliphatic heterocycles. The topological polar surface area (TPSA) is 15.3 Å². The quantitative estimate of drug-likeness (QED) is 0.856. The molecule has 0 aromatic heterocycles. The Kier molecular flexibility index (Phi) is 6.36. The minimum absolute atomic E-state index is 0.364. The van der Waals surface area contributed by atoms with E-state index in [0.717, 1.165) is 18.1 Å². The molecule has 1 aliphatic rings. The molecule has 1 fully saturated rings. The van der Waals surface area contributed by atoms with Gasteiger partial charge < -0.3 is 5.32 Å². The lowest BCUT2D eigenvalue weighted by Gasteiger charge is -2.34. The third-order valence-electron chi connectivity index (χ3n) is 4.33. The standard InChI is InChI=1S/C17H26Cl2N2/c1-12(2)20-11-13-6-4-5-9-21(3)17(13)15-8-7-14(18)10-16(15)19/h7-8,10,12-13,17,20H,4-6,9,11H2,1-3H3. The van der Waals surface area contributed by atoms with Crippen LogP contribution < -0.4 is 5.32 Å². The highest BCUT2D eigenvalue weighted by Crippen LogP contribution is 2.38. The van der Waals surface area contributed by atoms with Gasteiger partial charge in [0.05, 0.1) is 0 Å². The molecule has 0 amide bonds. The second-order valence-corrected chi connectivity index (χ2v) is 7.25. The summed E-state index contributed by atoms with van der Waals surface area (Å²) in [5.41, 5.74) is 1.21. The Bertz CT molecular complexity index is 462. The Morgan fingerprint density at radius 2 is 2.05 bits per heavy atom. The molecule has 0 saturated carbocycles. The lowest BCUT2D eigenvalue weighted by atomic mass is 9.89. The molecule has 0 radical (unpaired) electrons. The number of hydrogen-bond acceptors (Lipinski definition) is 2. The molecule has 1 aromatic carbocycles. The van der Waals surface area contributed by atoms with Gasteiger partial charge in [0.1, 0.15) is 0 Å². The number of nitrogens with one attached hydrogen (secondary N) is 1. The van der Waals surface area contributed by atoms with Gasteiger partial charge in [0.15, 0.2) is 0 Å². The minimum atomic E-state index is 0.364. The van der Waals surface area contributed by atoms with E-state index in [1.807, 2.05) is 12.1 Å². The van der Waals surface area contributed by atoms with Crippen molar-refractivity contribution in [3.63, 3.8) is 0 Å². The molecule has 0 aliphatic carbocycles. The van der Waals surface area contributed by atoms with Gasteiger partial charge in [-0.2, -0.15) is 0 Å². The van der Waals surface area contributed by atoms with E-state index in [-0.39, 0.29) is 0 Å². The van der Waals surface area contributed by atoms with Crippen LogP contribution in [0, 0.1) is 5.92 Å². The molecule has 0 spiro atoms. The summed E-state index contributed by atoms with van der Waals surface area (Å²) in [4.78, 5) is 2.45. The first-order valence-electron chi connectivity index (χ1n) is 7.87. The van der Waals surface area contributed by atoms with Gasteiger partial charge in [0.25, 0.3) is 0 Å². The third kappa shape index (κ3) is 4.59. The number of rotatable bonds is 4. The average Bonchev–Trinajstić information content (AvgIpc) is 2.59. The number of halogens is 2.